The molecule has 0 aliphatic heterocycles. The van der Waals surface area contributed by atoms with E-state index in [0.29, 0.717) is 0 Å². The first-order valence-electron chi connectivity index (χ1n) is 5.42. The van der Waals surface area contributed by atoms with Crippen LogP contribution in [0.15, 0.2) is 11.6 Å². The number of carbonyl (C=O) groups excluding carboxylic acids is 1. The number of hydrogen-bond donors (Lipinski definition) is 1. The van der Waals surface area contributed by atoms with Gasteiger partial charge in [0.1, 0.15) is 5.01 Å². The Morgan fingerprint density at radius 3 is 2.44 bits per heavy atom. The van der Waals surface area contributed by atoms with E-state index in [1.165, 1.54) is 0 Å². The molecule has 16 heavy (non-hydrogen) atoms. The van der Waals surface area contributed by atoms with Gasteiger partial charge in [0.05, 0.1) is 12.1 Å². The van der Waals surface area contributed by atoms with Gasteiger partial charge in [-0.05, 0) is 27.7 Å². The van der Waals surface area contributed by atoms with Crippen LogP contribution in [-0.4, -0.2) is 27.9 Å². The third-order valence-electron chi connectivity index (χ3n) is 2.43. The molecule has 4 nitrogen and oxygen atoms in total. The van der Waals surface area contributed by atoms with Gasteiger partial charge in [0.15, 0.2) is 0 Å². The summed E-state index contributed by atoms with van der Waals surface area (Å²) in [6.07, 6.45) is 1.76. The Labute approximate surface area is 100 Å². The molecule has 1 aromatic rings. The lowest BCUT2D eigenvalue weighted by Gasteiger charge is -2.33. The van der Waals surface area contributed by atoms with E-state index in [-0.39, 0.29) is 18.0 Å². The zero-order chi connectivity index (χ0) is 12.3. The molecule has 1 aromatic heterocycles. The van der Waals surface area contributed by atoms with Crippen LogP contribution in [0.25, 0.3) is 0 Å². The molecule has 0 saturated heterocycles. The van der Waals surface area contributed by atoms with Crippen molar-refractivity contribution in [2.24, 2.45) is 5.73 Å². The van der Waals surface area contributed by atoms with E-state index < -0.39 is 6.04 Å². The van der Waals surface area contributed by atoms with Crippen LogP contribution >= 0.6 is 11.3 Å². The second-order valence-electron chi connectivity index (χ2n) is 4.17. The Balaban J connectivity index is 2.90. The molecule has 0 radical (unpaired) electrons. The van der Waals surface area contributed by atoms with Gasteiger partial charge < -0.3 is 10.6 Å². The van der Waals surface area contributed by atoms with Crippen LogP contribution < -0.4 is 5.73 Å². The molecule has 0 saturated carbocycles. The number of nitrogens with zero attached hydrogens (tertiary/aromatic N) is 2. The molecule has 2 atom stereocenters. The lowest BCUT2D eigenvalue weighted by Crippen LogP contribution is -2.46. The summed E-state index contributed by atoms with van der Waals surface area (Å²) in [7, 11) is 0. The molecule has 2 N–H and O–H groups in total. The summed E-state index contributed by atoms with van der Waals surface area (Å²) in [6, 6.07) is -0.360. The van der Waals surface area contributed by atoms with Gasteiger partial charge in [-0.25, -0.2) is 4.98 Å². The highest BCUT2D eigenvalue weighted by molar-refractivity contribution is 7.09. The van der Waals surface area contributed by atoms with Crippen LogP contribution in [0.1, 0.15) is 38.7 Å². The lowest BCUT2D eigenvalue weighted by molar-refractivity contribution is -0.136. The molecule has 0 spiro atoms. The molecule has 1 rings (SSSR count). The quantitative estimate of drug-likeness (QED) is 0.874. The van der Waals surface area contributed by atoms with Gasteiger partial charge in [-0.2, -0.15) is 0 Å². The van der Waals surface area contributed by atoms with Gasteiger partial charge >= 0.3 is 0 Å². The third kappa shape index (κ3) is 2.80. The summed E-state index contributed by atoms with van der Waals surface area (Å²) in [4.78, 5) is 18.0. The number of amides is 1. The molecule has 0 bridgehead atoms. The average molecular weight is 241 g/mol. The van der Waals surface area contributed by atoms with Gasteiger partial charge in [-0.1, -0.05) is 0 Å². The van der Waals surface area contributed by atoms with Crippen molar-refractivity contribution in [1.82, 2.24) is 9.88 Å². The zero-order valence-electron chi connectivity index (χ0n) is 10.2. The average Bonchev–Trinajstić information content (AvgIpc) is 2.69. The summed E-state index contributed by atoms with van der Waals surface area (Å²) >= 11 is 1.56. The fraction of sp³-hybridized carbons (Fsp3) is 0.636. The highest BCUT2D eigenvalue weighted by Gasteiger charge is 2.27. The molecule has 0 aliphatic rings. The molecule has 0 aliphatic carbocycles. The van der Waals surface area contributed by atoms with E-state index in [2.05, 4.69) is 4.98 Å². The SMILES string of the molecule is CC(N)C(=O)N(C(C)C)[C@@H](C)c1nccs1. The maximum absolute atomic E-state index is 12.0. The van der Waals surface area contributed by atoms with Crippen molar-refractivity contribution in [3.63, 3.8) is 0 Å². The normalized spacial score (nSPS) is 14.9. The first-order valence-corrected chi connectivity index (χ1v) is 6.30. The second kappa shape index (κ2) is 5.41. The van der Waals surface area contributed by atoms with Crippen molar-refractivity contribution < 1.29 is 4.79 Å². The first kappa shape index (κ1) is 13.1. The zero-order valence-corrected chi connectivity index (χ0v) is 11.0. The molecule has 5 heteroatoms. The summed E-state index contributed by atoms with van der Waals surface area (Å²) in [5.74, 6) is -0.0299. The van der Waals surface area contributed by atoms with Crippen molar-refractivity contribution in [3.8, 4) is 0 Å². The van der Waals surface area contributed by atoms with Gasteiger partial charge in [-0.15, -0.1) is 11.3 Å². The molecular weight excluding hydrogens is 222 g/mol. The van der Waals surface area contributed by atoms with E-state index in [4.69, 9.17) is 5.73 Å². The Kier molecular flexibility index (Phi) is 4.44. The molecular formula is C11H19N3OS. The number of thiazole rings is 1. The van der Waals surface area contributed by atoms with E-state index in [0.717, 1.165) is 5.01 Å². The summed E-state index contributed by atoms with van der Waals surface area (Å²) < 4.78 is 0. The van der Waals surface area contributed by atoms with Gasteiger partial charge in [-0.3, -0.25) is 4.79 Å². The monoisotopic (exact) mass is 241 g/mol. The summed E-state index contributed by atoms with van der Waals surface area (Å²) in [6.45, 7) is 7.68. The smallest absolute Gasteiger partial charge is 0.240 e. The third-order valence-corrected chi connectivity index (χ3v) is 3.37. The van der Waals surface area contributed by atoms with E-state index in [9.17, 15) is 4.79 Å². The highest BCUT2D eigenvalue weighted by atomic mass is 32.1. The van der Waals surface area contributed by atoms with Gasteiger partial charge in [0, 0.05) is 17.6 Å². The van der Waals surface area contributed by atoms with Crippen LogP contribution in [0.3, 0.4) is 0 Å². The first-order chi connectivity index (χ1) is 7.45. The van der Waals surface area contributed by atoms with Crippen molar-refractivity contribution >= 4 is 17.2 Å². The number of carbonyl (C=O) groups is 1. The van der Waals surface area contributed by atoms with E-state index in [1.54, 1.807) is 29.4 Å². The topological polar surface area (TPSA) is 59.2 Å². The predicted molar refractivity (Wildman–Crippen MR) is 66.2 cm³/mol. The summed E-state index contributed by atoms with van der Waals surface area (Å²) in [5, 5.41) is 2.86. The van der Waals surface area contributed by atoms with Crippen molar-refractivity contribution in [2.45, 2.75) is 45.8 Å². The molecule has 90 valence electrons. The number of rotatable bonds is 4. The highest BCUT2D eigenvalue weighted by Crippen LogP contribution is 2.24. The standard InChI is InChI=1S/C11H19N3OS/c1-7(2)14(11(15)8(3)12)9(4)10-13-5-6-16-10/h5-9H,12H2,1-4H3/t8?,9-/m0/s1. The van der Waals surface area contributed by atoms with Crippen molar-refractivity contribution in [1.29, 1.82) is 0 Å². The fourth-order valence-electron chi connectivity index (χ4n) is 1.69. The lowest BCUT2D eigenvalue weighted by atomic mass is 10.1. The minimum Gasteiger partial charge on any atom is -0.330 e. The maximum Gasteiger partial charge on any atom is 0.240 e. The van der Waals surface area contributed by atoms with Crippen LogP contribution in [0, 0.1) is 0 Å². The Morgan fingerprint density at radius 1 is 1.44 bits per heavy atom. The minimum atomic E-state index is -0.468. The molecule has 1 amide bonds. The van der Waals surface area contributed by atoms with Crippen LogP contribution in [-0.2, 0) is 4.79 Å². The summed E-state index contributed by atoms with van der Waals surface area (Å²) in [5.41, 5.74) is 5.66. The fourth-order valence-corrected chi connectivity index (χ4v) is 2.38. The molecule has 0 fully saturated rings. The molecule has 1 unspecified atom stereocenters. The van der Waals surface area contributed by atoms with Crippen molar-refractivity contribution in [2.75, 3.05) is 0 Å². The largest absolute Gasteiger partial charge is 0.330 e. The van der Waals surface area contributed by atoms with Gasteiger partial charge in [0.2, 0.25) is 5.91 Å². The van der Waals surface area contributed by atoms with E-state index >= 15 is 0 Å². The second-order valence-corrected chi connectivity index (χ2v) is 5.10. The Morgan fingerprint density at radius 2 is 2.06 bits per heavy atom. The van der Waals surface area contributed by atoms with Crippen LogP contribution in [0.4, 0.5) is 0 Å². The van der Waals surface area contributed by atoms with Crippen LogP contribution in [0.2, 0.25) is 0 Å². The molecule has 1 heterocycles. The number of hydrogen-bond acceptors (Lipinski definition) is 4. The maximum atomic E-state index is 12.0. The Bertz CT molecular complexity index is 335. The minimum absolute atomic E-state index is 0.0153. The van der Waals surface area contributed by atoms with Crippen molar-refractivity contribution in [3.05, 3.63) is 16.6 Å². The number of nitrogens with two attached hydrogens (primary N) is 1. The Hall–Kier alpha value is -0.940. The predicted octanol–water partition coefficient (Wildman–Crippen LogP) is 1.79. The van der Waals surface area contributed by atoms with E-state index in [1.807, 2.05) is 26.2 Å². The van der Waals surface area contributed by atoms with Gasteiger partial charge in [0.25, 0.3) is 0 Å². The van der Waals surface area contributed by atoms with Crippen LogP contribution in [0.5, 0.6) is 0 Å². The number of aromatic nitrogens is 1. The molecule has 0 aromatic carbocycles.